The summed E-state index contributed by atoms with van der Waals surface area (Å²) in [6.45, 7) is 3.10. The van der Waals surface area contributed by atoms with Crippen LogP contribution >= 0.6 is 0 Å². The van der Waals surface area contributed by atoms with Crippen molar-refractivity contribution in [2.45, 2.75) is 50.6 Å². The first kappa shape index (κ1) is 21.8. The van der Waals surface area contributed by atoms with Gasteiger partial charge in [-0.25, -0.2) is 0 Å². The molecular weight excluding hydrogens is 405 g/mol. The minimum absolute atomic E-state index is 0.00674. The lowest BCUT2D eigenvalue weighted by atomic mass is 10.1. The summed E-state index contributed by atoms with van der Waals surface area (Å²) >= 11 is 0. The van der Waals surface area contributed by atoms with Crippen LogP contribution in [0.2, 0.25) is 0 Å². The van der Waals surface area contributed by atoms with Gasteiger partial charge < -0.3 is 10.4 Å². The lowest BCUT2D eigenvalue weighted by molar-refractivity contribution is -0.137. The normalized spacial score (nSPS) is 22.3. The number of nitrogens with zero attached hydrogens (tertiary/aromatic N) is 1. The minimum Gasteiger partial charge on any atom is -0.393 e. The van der Waals surface area contributed by atoms with Gasteiger partial charge in [0.15, 0.2) is 0 Å². The number of likely N-dealkylation sites (tertiary alicyclic amines) is 1. The molecule has 1 heterocycles. The first-order valence-electron chi connectivity index (χ1n) is 10.7. The maximum atomic E-state index is 12.7. The zero-order valence-electron chi connectivity index (χ0n) is 17.2. The molecule has 4 rings (SSSR count). The number of benzene rings is 2. The minimum atomic E-state index is -4.34. The van der Waals surface area contributed by atoms with Gasteiger partial charge in [-0.05, 0) is 54.0 Å². The average molecular weight is 432 g/mol. The van der Waals surface area contributed by atoms with E-state index in [4.69, 9.17) is 0 Å². The molecule has 1 aliphatic carbocycles. The van der Waals surface area contributed by atoms with E-state index in [-0.39, 0.29) is 23.8 Å². The lowest BCUT2D eigenvalue weighted by Crippen LogP contribution is -2.35. The Kier molecular flexibility index (Phi) is 6.34. The number of alkyl halides is 3. The summed E-state index contributed by atoms with van der Waals surface area (Å²) in [4.78, 5) is 14.8. The molecule has 0 spiro atoms. The van der Waals surface area contributed by atoms with Crippen molar-refractivity contribution in [3.63, 3.8) is 0 Å². The third-order valence-corrected chi connectivity index (χ3v) is 6.25. The van der Waals surface area contributed by atoms with Crippen molar-refractivity contribution in [3.05, 3.63) is 70.8 Å². The van der Waals surface area contributed by atoms with E-state index in [1.807, 2.05) is 12.1 Å². The summed E-state index contributed by atoms with van der Waals surface area (Å²) in [7, 11) is 0. The maximum Gasteiger partial charge on any atom is 0.416 e. The fraction of sp³-hybridized carbons (Fsp3) is 0.458. The second kappa shape index (κ2) is 9.01. The monoisotopic (exact) mass is 432 g/mol. The molecule has 4 nitrogen and oxygen atoms in total. The van der Waals surface area contributed by atoms with E-state index >= 15 is 0 Å². The number of hydrogen-bond acceptors (Lipinski definition) is 3. The van der Waals surface area contributed by atoms with Gasteiger partial charge in [-0.2, -0.15) is 13.2 Å². The first-order valence-corrected chi connectivity index (χ1v) is 10.7. The molecular formula is C24H27F3N2O2. The molecule has 2 aromatic carbocycles. The number of aliphatic hydroxyl groups is 1. The van der Waals surface area contributed by atoms with E-state index in [2.05, 4.69) is 22.3 Å². The molecule has 1 saturated carbocycles. The molecule has 2 unspecified atom stereocenters. The van der Waals surface area contributed by atoms with Gasteiger partial charge in [0.1, 0.15) is 0 Å². The predicted molar refractivity (Wildman–Crippen MR) is 111 cm³/mol. The zero-order valence-corrected chi connectivity index (χ0v) is 17.2. The molecule has 31 heavy (non-hydrogen) atoms. The number of piperidine rings is 1. The highest BCUT2D eigenvalue weighted by Gasteiger charge is 2.44. The van der Waals surface area contributed by atoms with E-state index < -0.39 is 11.7 Å². The standard InChI is InChI=1S/C24H27F3N2O2/c25-24(26,27)19-7-5-18(6-8-19)21-13-22(21)23(31)28-14-16-1-3-17(4-2-16)15-29-11-9-20(30)10-12-29/h1-8,20-22,30H,9-15H2,(H,28,31). The van der Waals surface area contributed by atoms with Gasteiger partial charge in [-0.3, -0.25) is 9.69 Å². The fourth-order valence-electron chi connectivity index (χ4n) is 4.19. The predicted octanol–water partition coefficient (Wildman–Crippen LogP) is 4.08. The molecule has 0 radical (unpaired) electrons. The van der Waals surface area contributed by atoms with Crippen LogP contribution in [0.4, 0.5) is 13.2 Å². The Bertz CT molecular complexity index is 889. The maximum absolute atomic E-state index is 12.7. The van der Waals surface area contributed by atoms with Gasteiger partial charge in [-0.15, -0.1) is 0 Å². The molecule has 7 heteroatoms. The van der Waals surface area contributed by atoms with Crippen LogP contribution in [0.3, 0.4) is 0 Å². The number of carbonyl (C=O) groups is 1. The topological polar surface area (TPSA) is 52.6 Å². The second-order valence-corrected chi connectivity index (χ2v) is 8.61. The second-order valence-electron chi connectivity index (χ2n) is 8.61. The molecule has 2 N–H and O–H groups in total. The van der Waals surface area contributed by atoms with Gasteiger partial charge in [0.05, 0.1) is 11.7 Å². The van der Waals surface area contributed by atoms with E-state index in [1.165, 1.54) is 17.7 Å². The van der Waals surface area contributed by atoms with Gasteiger partial charge in [-0.1, -0.05) is 36.4 Å². The quantitative estimate of drug-likeness (QED) is 0.723. The van der Waals surface area contributed by atoms with Crippen molar-refractivity contribution in [2.24, 2.45) is 5.92 Å². The summed E-state index contributed by atoms with van der Waals surface area (Å²) in [5.74, 6) is -0.237. The molecule has 2 aliphatic rings. The summed E-state index contributed by atoms with van der Waals surface area (Å²) < 4.78 is 38.1. The molecule has 2 atom stereocenters. The number of nitrogens with one attached hydrogen (secondary N) is 1. The first-order chi connectivity index (χ1) is 14.8. The third kappa shape index (κ3) is 5.66. The van der Waals surface area contributed by atoms with Crippen LogP contribution < -0.4 is 5.32 Å². The van der Waals surface area contributed by atoms with Crippen molar-refractivity contribution in [3.8, 4) is 0 Å². The zero-order chi connectivity index (χ0) is 22.0. The van der Waals surface area contributed by atoms with E-state index in [0.29, 0.717) is 13.0 Å². The fourth-order valence-corrected chi connectivity index (χ4v) is 4.19. The number of carbonyl (C=O) groups excluding carboxylic acids is 1. The van der Waals surface area contributed by atoms with Crippen LogP contribution in [0.15, 0.2) is 48.5 Å². The highest BCUT2D eigenvalue weighted by Crippen LogP contribution is 2.48. The van der Waals surface area contributed by atoms with Gasteiger partial charge in [0.2, 0.25) is 5.91 Å². The molecule has 2 fully saturated rings. The Hall–Kier alpha value is -2.38. The SMILES string of the molecule is O=C(NCc1ccc(CN2CCC(O)CC2)cc1)C1CC1c1ccc(C(F)(F)F)cc1. The Labute approximate surface area is 180 Å². The lowest BCUT2D eigenvalue weighted by Gasteiger charge is -2.29. The molecule has 1 amide bonds. The molecule has 2 aromatic rings. The Morgan fingerprint density at radius 1 is 1.00 bits per heavy atom. The van der Waals surface area contributed by atoms with Crippen LogP contribution in [-0.4, -0.2) is 35.1 Å². The highest BCUT2D eigenvalue weighted by atomic mass is 19.4. The number of hydrogen-bond donors (Lipinski definition) is 2. The van der Waals surface area contributed by atoms with E-state index in [0.717, 1.165) is 55.7 Å². The number of rotatable bonds is 6. The molecule has 1 aliphatic heterocycles. The molecule has 0 aromatic heterocycles. The number of aliphatic hydroxyl groups excluding tert-OH is 1. The summed E-state index contributed by atoms with van der Waals surface area (Å²) in [6.07, 6.45) is -2.21. The molecule has 0 bridgehead atoms. The van der Waals surface area contributed by atoms with Crippen molar-refractivity contribution >= 4 is 5.91 Å². The van der Waals surface area contributed by atoms with Gasteiger partial charge in [0, 0.05) is 32.1 Å². The van der Waals surface area contributed by atoms with Crippen molar-refractivity contribution in [2.75, 3.05) is 13.1 Å². The van der Waals surface area contributed by atoms with E-state index in [9.17, 15) is 23.1 Å². The summed E-state index contributed by atoms with van der Waals surface area (Å²) in [5.41, 5.74) is 2.33. The summed E-state index contributed by atoms with van der Waals surface area (Å²) in [5, 5.41) is 12.5. The largest absolute Gasteiger partial charge is 0.416 e. The smallest absolute Gasteiger partial charge is 0.393 e. The van der Waals surface area contributed by atoms with Crippen molar-refractivity contribution in [1.82, 2.24) is 10.2 Å². The third-order valence-electron chi connectivity index (χ3n) is 6.25. The highest BCUT2D eigenvalue weighted by molar-refractivity contribution is 5.82. The van der Waals surface area contributed by atoms with Gasteiger partial charge in [0.25, 0.3) is 0 Å². The van der Waals surface area contributed by atoms with E-state index in [1.54, 1.807) is 0 Å². The number of halogens is 3. The Morgan fingerprint density at radius 3 is 2.23 bits per heavy atom. The van der Waals surface area contributed by atoms with Gasteiger partial charge >= 0.3 is 6.18 Å². The van der Waals surface area contributed by atoms with Crippen molar-refractivity contribution < 1.29 is 23.1 Å². The number of amides is 1. The molecule has 166 valence electrons. The molecule has 1 saturated heterocycles. The summed E-state index contributed by atoms with van der Waals surface area (Å²) in [6, 6.07) is 13.3. The Balaban J connectivity index is 1.23. The Morgan fingerprint density at radius 2 is 1.61 bits per heavy atom. The average Bonchev–Trinajstić information content (AvgIpc) is 3.55. The van der Waals surface area contributed by atoms with Crippen LogP contribution in [0.5, 0.6) is 0 Å². The van der Waals surface area contributed by atoms with Crippen LogP contribution in [0, 0.1) is 5.92 Å². The van der Waals surface area contributed by atoms with Crippen molar-refractivity contribution in [1.29, 1.82) is 0 Å². The van der Waals surface area contributed by atoms with Crippen LogP contribution in [0.1, 0.15) is 47.4 Å². The van der Waals surface area contributed by atoms with Crippen LogP contribution in [-0.2, 0) is 24.1 Å². The van der Waals surface area contributed by atoms with Crippen LogP contribution in [0.25, 0.3) is 0 Å².